The molecule has 0 heterocycles. The minimum Gasteiger partial charge on any atom is -0.351 e. The van der Waals surface area contributed by atoms with Crippen LogP contribution in [0.5, 0.6) is 0 Å². The van der Waals surface area contributed by atoms with Gasteiger partial charge in [0.1, 0.15) is 0 Å². The lowest BCUT2D eigenvalue weighted by Crippen LogP contribution is -2.30. The largest absolute Gasteiger partial charge is 0.351 e. The summed E-state index contributed by atoms with van der Waals surface area (Å²) in [6.07, 6.45) is 4.87. The van der Waals surface area contributed by atoms with Gasteiger partial charge in [0.25, 0.3) is 0 Å². The molecule has 0 aromatic rings. The molecule has 2 rings (SSSR count). The van der Waals surface area contributed by atoms with E-state index in [0.29, 0.717) is 17.0 Å². The number of nitrogens with one attached hydrogen (secondary N) is 1. The minimum absolute atomic E-state index is 0.168. The van der Waals surface area contributed by atoms with Crippen molar-refractivity contribution in [2.75, 3.05) is 6.54 Å². The van der Waals surface area contributed by atoms with Gasteiger partial charge in [-0.3, -0.25) is 4.79 Å². The third kappa shape index (κ3) is 1.60. The number of amides is 1. The molecule has 2 aliphatic rings. The second kappa shape index (κ2) is 3.02. The lowest BCUT2D eigenvalue weighted by atomic mass is 9.80. The second-order valence-electron chi connectivity index (χ2n) is 4.21. The molecule has 13 heavy (non-hydrogen) atoms. The Morgan fingerprint density at radius 1 is 1.62 bits per heavy atom. The van der Waals surface area contributed by atoms with E-state index in [1.54, 1.807) is 0 Å². The summed E-state index contributed by atoms with van der Waals surface area (Å²) in [7, 11) is 0. The van der Waals surface area contributed by atoms with Gasteiger partial charge in [-0.15, -0.1) is 0 Å². The SMILES string of the molecule is C=C(Cl)CNC(=O)C1CC12CCC2. The molecule has 72 valence electrons. The van der Waals surface area contributed by atoms with E-state index < -0.39 is 0 Å². The van der Waals surface area contributed by atoms with Gasteiger partial charge in [-0.05, 0) is 24.7 Å². The standard InChI is InChI=1S/C10H14ClNO/c1-7(11)6-12-9(13)8-5-10(8)3-2-4-10/h8H,1-6H2,(H,12,13). The van der Waals surface area contributed by atoms with Gasteiger partial charge < -0.3 is 5.32 Å². The summed E-state index contributed by atoms with van der Waals surface area (Å²) in [6.45, 7) is 3.94. The number of carbonyl (C=O) groups excluding carboxylic acids is 1. The Morgan fingerprint density at radius 2 is 2.31 bits per heavy atom. The minimum atomic E-state index is 0.168. The fourth-order valence-electron chi connectivity index (χ4n) is 2.21. The fourth-order valence-corrected chi connectivity index (χ4v) is 2.27. The molecular formula is C10H14ClNO. The second-order valence-corrected chi connectivity index (χ2v) is 4.74. The Kier molecular flexibility index (Phi) is 2.11. The summed E-state index contributed by atoms with van der Waals surface area (Å²) < 4.78 is 0. The Hall–Kier alpha value is -0.500. The van der Waals surface area contributed by atoms with Crippen molar-refractivity contribution in [1.29, 1.82) is 0 Å². The van der Waals surface area contributed by atoms with Crippen molar-refractivity contribution in [2.45, 2.75) is 25.7 Å². The molecule has 1 atom stereocenters. The van der Waals surface area contributed by atoms with Gasteiger partial charge in [0.05, 0.1) is 6.54 Å². The van der Waals surface area contributed by atoms with Crippen molar-refractivity contribution >= 4 is 17.5 Å². The molecule has 2 fully saturated rings. The molecule has 1 unspecified atom stereocenters. The van der Waals surface area contributed by atoms with Crippen LogP contribution in [-0.2, 0) is 4.79 Å². The monoisotopic (exact) mass is 199 g/mol. The third-order valence-corrected chi connectivity index (χ3v) is 3.44. The van der Waals surface area contributed by atoms with E-state index in [2.05, 4.69) is 11.9 Å². The molecule has 2 nitrogen and oxygen atoms in total. The van der Waals surface area contributed by atoms with Gasteiger partial charge in [-0.1, -0.05) is 24.6 Å². The van der Waals surface area contributed by atoms with Crippen molar-refractivity contribution in [3.63, 3.8) is 0 Å². The molecule has 0 bridgehead atoms. The first-order chi connectivity index (χ1) is 6.14. The third-order valence-electron chi connectivity index (χ3n) is 3.31. The van der Waals surface area contributed by atoms with Crippen LogP contribution in [0.4, 0.5) is 0 Å². The first kappa shape index (κ1) is 9.07. The normalized spacial score (nSPS) is 27.9. The molecule has 1 spiro atoms. The van der Waals surface area contributed by atoms with Crippen LogP contribution in [-0.4, -0.2) is 12.5 Å². The Labute approximate surface area is 83.3 Å². The average Bonchev–Trinajstić information content (AvgIpc) is 2.73. The predicted octanol–water partition coefficient (Wildman–Crippen LogP) is 2.05. The van der Waals surface area contributed by atoms with Crippen LogP contribution in [0.15, 0.2) is 11.6 Å². The van der Waals surface area contributed by atoms with Crippen LogP contribution in [0.25, 0.3) is 0 Å². The van der Waals surface area contributed by atoms with E-state index in [0.717, 1.165) is 6.42 Å². The van der Waals surface area contributed by atoms with Gasteiger partial charge in [0, 0.05) is 11.0 Å². The zero-order valence-electron chi connectivity index (χ0n) is 7.61. The van der Waals surface area contributed by atoms with Crippen LogP contribution in [0, 0.1) is 11.3 Å². The van der Waals surface area contributed by atoms with Crippen molar-refractivity contribution in [3.05, 3.63) is 11.6 Å². The van der Waals surface area contributed by atoms with Crippen LogP contribution in [0.1, 0.15) is 25.7 Å². The highest BCUT2D eigenvalue weighted by molar-refractivity contribution is 6.29. The van der Waals surface area contributed by atoms with Crippen molar-refractivity contribution in [1.82, 2.24) is 5.32 Å². The van der Waals surface area contributed by atoms with Gasteiger partial charge in [0.15, 0.2) is 0 Å². The average molecular weight is 200 g/mol. The molecule has 0 saturated heterocycles. The van der Waals surface area contributed by atoms with Gasteiger partial charge in [-0.2, -0.15) is 0 Å². The zero-order chi connectivity index (χ0) is 9.47. The number of rotatable bonds is 3. The number of carbonyl (C=O) groups is 1. The first-order valence-electron chi connectivity index (χ1n) is 4.75. The maximum Gasteiger partial charge on any atom is 0.223 e. The quantitative estimate of drug-likeness (QED) is 0.741. The summed E-state index contributed by atoms with van der Waals surface area (Å²) in [6, 6.07) is 0. The Bertz CT molecular complexity index is 258. The highest BCUT2D eigenvalue weighted by atomic mass is 35.5. The van der Waals surface area contributed by atoms with Crippen molar-refractivity contribution in [3.8, 4) is 0 Å². The fraction of sp³-hybridized carbons (Fsp3) is 0.700. The van der Waals surface area contributed by atoms with E-state index in [1.807, 2.05) is 0 Å². The summed E-state index contributed by atoms with van der Waals surface area (Å²) in [5.41, 5.74) is 0.414. The lowest BCUT2D eigenvalue weighted by Gasteiger charge is -2.26. The Balaban J connectivity index is 1.76. The highest BCUT2D eigenvalue weighted by Gasteiger charge is 2.60. The maximum atomic E-state index is 11.5. The summed E-state index contributed by atoms with van der Waals surface area (Å²) in [5, 5.41) is 3.29. The smallest absolute Gasteiger partial charge is 0.223 e. The highest BCUT2D eigenvalue weighted by Crippen LogP contribution is 2.65. The zero-order valence-corrected chi connectivity index (χ0v) is 8.36. The lowest BCUT2D eigenvalue weighted by molar-refractivity contribution is -0.123. The summed E-state index contributed by atoms with van der Waals surface area (Å²) in [5.74, 6) is 0.443. The number of hydrogen-bond donors (Lipinski definition) is 1. The van der Waals surface area contributed by atoms with E-state index in [1.165, 1.54) is 19.3 Å². The molecule has 0 radical (unpaired) electrons. The molecule has 1 amide bonds. The molecule has 1 N–H and O–H groups in total. The molecular weight excluding hydrogens is 186 g/mol. The molecule has 2 saturated carbocycles. The van der Waals surface area contributed by atoms with Crippen LogP contribution in [0.2, 0.25) is 0 Å². The molecule has 2 aliphatic carbocycles. The van der Waals surface area contributed by atoms with E-state index in [4.69, 9.17) is 11.6 Å². The topological polar surface area (TPSA) is 29.1 Å². The first-order valence-corrected chi connectivity index (χ1v) is 5.13. The predicted molar refractivity (Wildman–Crippen MR) is 52.4 cm³/mol. The van der Waals surface area contributed by atoms with Gasteiger partial charge >= 0.3 is 0 Å². The van der Waals surface area contributed by atoms with E-state index in [9.17, 15) is 4.79 Å². The summed E-state index contributed by atoms with van der Waals surface area (Å²) in [4.78, 5) is 11.5. The summed E-state index contributed by atoms with van der Waals surface area (Å²) >= 11 is 5.56. The van der Waals surface area contributed by atoms with E-state index in [-0.39, 0.29) is 11.8 Å². The number of halogens is 1. The molecule has 0 aromatic heterocycles. The van der Waals surface area contributed by atoms with Gasteiger partial charge in [0.2, 0.25) is 5.91 Å². The number of hydrogen-bond acceptors (Lipinski definition) is 1. The maximum absolute atomic E-state index is 11.5. The van der Waals surface area contributed by atoms with Crippen LogP contribution >= 0.6 is 11.6 Å². The molecule has 3 heteroatoms. The molecule has 0 aromatic carbocycles. The Morgan fingerprint density at radius 3 is 2.69 bits per heavy atom. The molecule has 0 aliphatic heterocycles. The van der Waals surface area contributed by atoms with Gasteiger partial charge in [-0.25, -0.2) is 0 Å². The van der Waals surface area contributed by atoms with E-state index >= 15 is 0 Å². The van der Waals surface area contributed by atoms with Crippen molar-refractivity contribution in [2.24, 2.45) is 11.3 Å². The van der Waals surface area contributed by atoms with Crippen LogP contribution in [0.3, 0.4) is 0 Å². The van der Waals surface area contributed by atoms with Crippen molar-refractivity contribution < 1.29 is 4.79 Å². The van der Waals surface area contributed by atoms with Crippen LogP contribution < -0.4 is 5.32 Å².